The van der Waals surface area contributed by atoms with Crippen LogP contribution in [0.5, 0.6) is 5.88 Å². The highest BCUT2D eigenvalue weighted by Crippen LogP contribution is 2.25. The molecule has 1 aromatic carbocycles. The summed E-state index contributed by atoms with van der Waals surface area (Å²) in [6.07, 6.45) is 1.89. The van der Waals surface area contributed by atoms with Gasteiger partial charge in [0.2, 0.25) is 5.88 Å². The molecule has 106 valence electrons. The van der Waals surface area contributed by atoms with E-state index in [2.05, 4.69) is 10.3 Å². The molecular formula is C14H11FN4OS. The minimum Gasteiger partial charge on any atom is -0.480 e. The van der Waals surface area contributed by atoms with E-state index < -0.39 is 5.82 Å². The fraction of sp³-hybridized carbons (Fsp3) is 0.143. The molecule has 0 saturated heterocycles. The van der Waals surface area contributed by atoms with Crippen LogP contribution in [0.15, 0.2) is 29.8 Å². The molecule has 0 aliphatic rings. The third-order valence-corrected chi connectivity index (χ3v) is 3.85. The van der Waals surface area contributed by atoms with Crippen molar-refractivity contribution in [3.05, 3.63) is 46.9 Å². The number of anilines is 1. The zero-order chi connectivity index (χ0) is 14.8. The number of imidazole rings is 1. The Balaban J connectivity index is 1.92. The van der Waals surface area contributed by atoms with Crippen LogP contribution in [-0.4, -0.2) is 16.5 Å². The molecule has 0 spiro atoms. The Morgan fingerprint density at radius 1 is 1.52 bits per heavy atom. The van der Waals surface area contributed by atoms with Crippen LogP contribution in [-0.2, 0) is 6.54 Å². The summed E-state index contributed by atoms with van der Waals surface area (Å²) in [6.45, 7) is 0.374. The van der Waals surface area contributed by atoms with Crippen LogP contribution >= 0.6 is 11.3 Å². The Kier molecular flexibility index (Phi) is 3.46. The van der Waals surface area contributed by atoms with Crippen LogP contribution in [0.2, 0.25) is 0 Å². The summed E-state index contributed by atoms with van der Waals surface area (Å²) in [5, 5.41) is 14.0. The number of methoxy groups -OCH3 is 1. The Morgan fingerprint density at radius 2 is 2.38 bits per heavy atom. The van der Waals surface area contributed by atoms with Crippen molar-refractivity contribution < 1.29 is 9.13 Å². The van der Waals surface area contributed by atoms with Crippen molar-refractivity contribution in [1.82, 2.24) is 9.38 Å². The van der Waals surface area contributed by atoms with E-state index in [1.165, 1.54) is 17.4 Å². The van der Waals surface area contributed by atoms with E-state index in [0.717, 1.165) is 10.7 Å². The van der Waals surface area contributed by atoms with Crippen LogP contribution < -0.4 is 10.1 Å². The van der Waals surface area contributed by atoms with Crippen LogP contribution in [0.1, 0.15) is 11.3 Å². The van der Waals surface area contributed by atoms with Gasteiger partial charge in [-0.05, 0) is 12.1 Å². The first-order valence-corrected chi connectivity index (χ1v) is 7.03. The van der Waals surface area contributed by atoms with Gasteiger partial charge in [-0.3, -0.25) is 4.40 Å². The number of rotatable bonds is 4. The molecule has 0 unspecified atom stereocenters. The molecule has 3 aromatic rings. The summed E-state index contributed by atoms with van der Waals surface area (Å²) >= 11 is 1.50. The second-order valence-electron chi connectivity index (χ2n) is 4.25. The fourth-order valence-corrected chi connectivity index (χ4v) is 2.83. The first-order chi connectivity index (χ1) is 10.2. The lowest BCUT2D eigenvalue weighted by Gasteiger charge is -2.09. The first-order valence-electron chi connectivity index (χ1n) is 6.15. The molecule has 21 heavy (non-hydrogen) atoms. The van der Waals surface area contributed by atoms with Gasteiger partial charge in [0.05, 0.1) is 19.3 Å². The van der Waals surface area contributed by atoms with Crippen molar-refractivity contribution in [2.45, 2.75) is 6.54 Å². The predicted molar refractivity (Wildman–Crippen MR) is 78.1 cm³/mol. The maximum atomic E-state index is 13.6. The van der Waals surface area contributed by atoms with Crippen LogP contribution in [0.25, 0.3) is 4.96 Å². The summed E-state index contributed by atoms with van der Waals surface area (Å²) in [5.41, 5.74) is 1.27. The van der Waals surface area contributed by atoms with Crippen LogP contribution in [0, 0.1) is 17.1 Å². The molecule has 7 heteroatoms. The van der Waals surface area contributed by atoms with Crippen molar-refractivity contribution in [1.29, 1.82) is 5.26 Å². The van der Waals surface area contributed by atoms with Crippen molar-refractivity contribution in [3.63, 3.8) is 0 Å². The van der Waals surface area contributed by atoms with E-state index in [1.54, 1.807) is 19.2 Å². The average Bonchev–Trinajstić information content (AvgIpc) is 3.05. The topological polar surface area (TPSA) is 62.4 Å². The first kappa shape index (κ1) is 13.4. The number of halogens is 1. The van der Waals surface area contributed by atoms with E-state index in [4.69, 9.17) is 10.00 Å². The van der Waals surface area contributed by atoms with Crippen molar-refractivity contribution in [2.75, 3.05) is 12.4 Å². The number of ether oxygens (including phenoxy) is 1. The summed E-state index contributed by atoms with van der Waals surface area (Å²) in [4.78, 5) is 5.17. The van der Waals surface area contributed by atoms with Gasteiger partial charge in [0.15, 0.2) is 4.96 Å². The summed E-state index contributed by atoms with van der Waals surface area (Å²) in [5.74, 6) is -0.0207. The van der Waals surface area contributed by atoms with Crippen LogP contribution in [0.4, 0.5) is 10.1 Å². The summed E-state index contributed by atoms with van der Waals surface area (Å²) in [6, 6.07) is 6.36. The Bertz CT molecular complexity index is 833. The lowest BCUT2D eigenvalue weighted by Crippen LogP contribution is -2.05. The highest BCUT2D eigenvalue weighted by molar-refractivity contribution is 7.15. The zero-order valence-corrected chi connectivity index (χ0v) is 11.9. The fourth-order valence-electron chi connectivity index (χ4n) is 2.10. The molecule has 0 aliphatic heterocycles. The Hall–Kier alpha value is -2.59. The van der Waals surface area contributed by atoms with Gasteiger partial charge in [-0.25, -0.2) is 4.39 Å². The maximum Gasteiger partial charge on any atom is 0.238 e. The minimum absolute atomic E-state index is 0.00236. The monoisotopic (exact) mass is 302 g/mol. The standard InChI is InChI=1S/C14H11FN4OS/c1-20-13-12(19-5-6-21-14(19)18-13)8-17-11-4-2-3-10(15)9(11)7-16/h2-6,17H,8H2,1H3. The normalized spacial score (nSPS) is 10.5. The largest absolute Gasteiger partial charge is 0.480 e. The van der Waals surface area contributed by atoms with Gasteiger partial charge in [0.1, 0.15) is 23.1 Å². The van der Waals surface area contributed by atoms with E-state index in [1.807, 2.05) is 22.0 Å². The molecule has 0 amide bonds. The van der Waals surface area contributed by atoms with Gasteiger partial charge in [-0.1, -0.05) is 6.07 Å². The SMILES string of the molecule is COc1nc2sccn2c1CNc1cccc(F)c1C#N. The molecule has 1 N–H and O–H groups in total. The maximum absolute atomic E-state index is 13.6. The number of aromatic nitrogens is 2. The smallest absolute Gasteiger partial charge is 0.238 e. The zero-order valence-electron chi connectivity index (χ0n) is 11.1. The van der Waals surface area contributed by atoms with E-state index in [9.17, 15) is 4.39 Å². The summed E-state index contributed by atoms with van der Waals surface area (Å²) in [7, 11) is 1.55. The third-order valence-electron chi connectivity index (χ3n) is 3.09. The molecule has 0 atom stereocenters. The number of hydrogen-bond donors (Lipinski definition) is 1. The molecule has 0 saturated carbocycles. The van der Waals surface area contributed by atoms with Crippen molar-refractivity contribution in [3.8, 4) is 11.9 Å². The number of nitrogens with zero attached hydrogens (tertiary/aromatic N) is 3. The average molecular weight is 302 g/mol. The minimum atomic E-state index is -0.538. The van der Waals surface area contributed by atoms with E-state index in [-0.39, 0.29) is 5.56 Å². The highest BCUT2D eigenvalue weighted by Gasteiger charge is 2.14. The second-order valence-corrected chi connectivity index (χ2v) is 5.12. The molecule has 0 fully saturated rings. The third kappa shape index (κ3) is 2.30. The quantitative estimate of drug-likeness (QED) is 0.804. The van der Waals surface area contributed by atoms with Gasteiger partial charge < -0.3 is 10.1 Å². The number of fused-ring (bicyclic) bond motifs is 1. The second kappa shape index (κ2) is 5.42. The van der Waals surface area contributed by atoms with E-state index >= 15 is 0 Å². The molecule has 0 radical (unpaired) electrons. The number of nitriles is 1. The van der Waals surface area contributed by atoms with Gasteiger partial charge in [0, 0.05) is 11.6 Å². The molecule has 0 bridgehead atoms. The summed E-state index contributed by atoms with van der Waals surface area (Å²) < 4.78 is 20.7. The number of nitrogens with one attached hydrogen (secondary N) is 1. The molecule has 2 aromatic heterocycles. The predicted octanol–water partition coefficient (Wildman–Crippen LogP) is 3.03. The van der Waals surface area contributed by atoms with Gasteiger partial charge >= 0.3 is 0 Å². The van der Waals surface area contributed by atoms with Crippen molar-refractivity contribution >= 4 is 22.0 Å². The lowest BCUT2D eigenvalue weighted by molar-refractivity contribution is 0.395. The van der Waals surface area contributed by atoms with Gasteiger partial charge in [-0.15, -0.1) is 11.3 Å². The molecule has 2 heterocycles. The van der Waals surface area contributed by atoms with Crippen LogP contribution in [0.3, 0.4) is 0 Å². The Labute approximate surface area is 124 Å². The highest BCUT2D eigenvalue weighted by atomic mass is 32.1. The lowest BCUT2D eigenvalue weighted by atomic mass is 10.2. The van der Waals surface area contributed by atoms with E-state index in [0.29, 0.717) is 18.1 Å². The number of hydrogen-bond acceptors (Lipinski definition) is 5. The molecule has 3 rings (SSSR count). The van der Waals surface area contributed by atoms with Gasteiger partial charge in [-0.2, -0.15) is 10.2 Å². The molecule has 0 aliphatic carbocycles. The number of benzene rings is 1. The van der Waals surface area contributed by atoms with Gasteiger partial charge in [0.25, 0.3) is 0 Å². The van der Waals surface area contributed by atoms with Crippen molar-refractivity contribution in [2.24, 2.45) is 0 Å². The Morgan fingerprint density at radius 3 is 3.14 bits per heavy atom. The number of thiazole rings is 1. The molecular weight excluding hydrogens is 291 g/mol. The molecule has 5 nitrogen and oxygen atoms in total.